The average Bonchev–Trinajstić information content (AvgIpc) is 3.36. The van der Waals surface area contributed by atoms with Crippen molar-refractivity contribution < 1.29 is 9.90 Å². The summed E-state index contributed by atoms with van der Waals surface area (Å²) in [5.41, 5.74) is 5.22. The van der Waals surface area contributed by atoms with Gasteiger partial charge in [-0.25, -0.2) is 9.78 Å². The second kappa shape index (κ2) is 7.68. The van der Waals surface area contributed by atoms with Gasteiger partial charge in [0.15, 0.2) is 0 Å². The summed E-state index contributed by atoms with van der Waals surface area (Å²) in [6.45, 7) is 0. The van der Waals surface area contributed by atoms with Crippen LogP contribution in [0.5, 0.6) is 0 Å². The Bertz CT molecular complexity index is 1080. The normalized spacial score (nSPS) is 10.9. The van der Waals surface area contributed by atoms with Gasteiger partial charge in [0.05, 0.1) is 9.90 Å². The van der Waals surface area contributed by atoms with Crippen LogP contribution in [0.2, 0.25) is 0 Å². The number of rotatable bonds is 5. The molecule has 0 aliphatic heterocycles. The monoisotopic (exact) mass is 409 g/mol. The Morgan fingerprint density at radius 3 is 2.33 bits per heavy atom. The third-order valence-electron chi connectivity index (χ3n) is 4.12. The summed E-state index contributed by atoms with van der Waals surface area (Å²) in [5, 5.41) is 12.1. The summed E-state index contributed by atoms with van der Waals surface area (Å²) in [7, 11) is 0. The van der Waals surface area contributed by atoms with Gasteiger partial charge in [-0.3, -0.25) is 0 Å². The Morgan fingerprint density at radius 2 is 1.67 bits per heavy atom. The van der Waals surface area contributed by atoms with Crippen molar-refractivity contribution in [3.63, 3.8) is 0 Å². The van der Waals surface area contributed by atoms with E-state index in [0.29, 0.717) is 4.88 Å². The van der Waals surface area contributed by atoms with Crippen molar-refractivity contribution in [1.29, 1.82) is 0 Å². The number of benzene rings is 2. The maximum absolute atomic E-state index is 11.3. The molecular formula is C21H15NO2S3. The molecule has 0 saturated carbocycles. The van der Waals surface area contributed by atoms with Gasteiger partial charge >= 0.3 is 5.97 Å². The van der Waals surface area contributed by atoms with Gasteiger partial charge in [-0.1, -0.05) is 54.6 Å². The Kier molecular flexibility index (Phi) is 5.11. The van der Waals surface area contributed by atoms with E-state index in [-0.39, 0.29) is 0 Å². The molecule has 2 aromatic heterocycles. The van der Waals surface area contributed by atoms with E-state index in [1.807, 2.05) is 29.8 Å². The summed E-state index contributed by atoms with van der Waals surface area (Å²) in [6, 6.07) is 20.3. The second-order valence-corrected chi connectivity index (χ2v) is 8.79. The molecule has 4 aromatic rings. The predicted molar refractivity (Wildman–Crippen MR) is 115 cm³/mol. The molecule has 0 unspecified atom stereocenters. The molecule has 0 bridgehead atoms. The number of thiazole rings is 1. The number of thiophene rings is 1. The molecule has 4 rings (SSSR count). The topological polar surface area (TPSA) is 50.2 Å². The maximum atomic E-state index is 11.3. The number of aromatic nitrogens is 1. The zero-order chi connectivity index (χ0) is 18.8. The fourth-order valence-corrected chi connectivity index (χ4v) is 5.46. The highest BCUT2D eigenvalue weighted by Crippen LogP contribution is 2.40. The van der Waals surface area contributed by atoms with E-state index in [1.165, 1.54) is 22.5 Å². The van der Waals surface area contributed by atoms with Gasteiger partial charge in [-0.05, 0) is 23.4 Å². The van der Waals surface area contributed by atoms with Gasteiger partial charge in [0, 0.05) is 16.5 Å². The first-order valence-corrected chi connectivity index (χ1v) is 11.1. The summed E-state index contributed by atoms with van der Waals surface area (Å²) in [4.78, 5) is 16.4. The SMILES string of the molecule is CSc1sc(C(=O)O)cc1-c1nc(-c2ccc(-c3ccccc3)cc2)cs1. The van der Waals surface area contributed by atoms with Gasteiger partial charge in [0.2, 0.25) is 0 Å². The maximum Gasteiger partial charge on any atom is 0.345 e. The summed E-state index contributed by atoms with van der Waals surface area (Å²) in [5.74, 6) is -0.894. The van der Waals surface area contributed by atoms with Crippen molar-refractivity contribution in [2.45, 2.75) is 4.21 Å². The first-order chi connectivity index (χ1) is 13.2. The third kappa shape index (κ3) is 3.69. The van der Waals surface area contributed by atoms with Crippen molar-refractivity contribution in [1.82, 2.24) is 4.98 Å². The molecule has 0 aliphatic rings. The first-order valence-electron chi connectivity index (χ1n) is 8.18. The van der Waals surface area contributed by atoms with Gasteiger partial charge in [0.1, 0.15) is 9.88 Å². The molecule has 0 spiro atoms. The molecule has 0 atom stereocenters. The largest absolute Gasteiger partial charge is 0.477 e. The molecular weight excluding hydrogens is 394 g/mol. The number of carbonyl (C=O) groups is 1. The number of hydrogen-bond acceptors (Lipinski definition) is 5. The van der Waals surface area contributed by atoms with Gasteiger partial charge in [-0.2, -0.15) is 0 Å². The van der Waals surface area contributed by atoms with E-state index in [9.17, 15) is 9.90 Å². The molecule has 2 heterocycles. The Hall–Kier alpha value is -2.41. The lowest BCUT2D eigenvalue weighted by Gasteiger charge is -2.03. The van der Waals surface area contributed by atoms with E-state index in [1.54, 1.807) is 29.2 Å². The summed E-state index contributed by atoms with van der Waals surface area (Å²) >= 11 is 4.39. The molecule has 1 N–H and O–H groups in total. The van der Waals surface area contributed by atoms with Crippen molar-refractivity contribution in [2.75, 3.05) is 6.26 Å². The molecule has 6 heteroatoms. The number of thioether (sulfide) groups is 1. The smallest absolute Gasteiger partial charge is 0.345 e. The first kappa shape index (κ1) is 18.0. The summed E-state index contributed by atoms with van der Waals surface area (Å²) < 4.78 is 0.979. The van der Waals surface area contributed by atoms with Crippen LogP contribution in [0.3, 0.4) is 0 Å². The average molecular weight is 410 g/mol. The van der Waals surface area contributed by atoms with Crippen molar-refractivity contribution in [3.8, 4) is 33.0 Å². The highest BCUT2D eigenvalue weighted by molar-refractivity contribution is 8.00. The molecule has 0 aliphatic carbocycles. The Labute approximate surface area is 169 Å². The van der Waals surface area contributed by atoms with E-state index >= 15 is 0 Å². The molecule has 0 amide bonds. The van der Waals surface area contributed by atoms with Gasteiger partial charge in [0.25, 0.3) is 0 Å². The van der Waals surface area contributed by atoms with E-state index in [0.717, 1.165) is 26.0 Å². The fraction of sp³-hybridized carbons (Fsp3) is 0.0476. The van der Waals surface area contributed by atoms with E-state index in [4.69, 9.17) is 4.98 Å². The van der Waals surface area contributed by atoms with E-state index < -0.39 is 5.97 Å². The van der Waals surface area contributed by atoms with Crippen LogP contribution in [-0.2, 0) is 0 Å². The van der Waals surface area contributed by atoms with Crippen LogP contribution in [0, 0.1) is 0 Å². The highest BCUT2D eigenvalue weighted by atomic mass is 32.2. The molecule has 0 radical (unpaired) electrons. The quantitative estimate of drug-likeness (QED) is 0.376. The standard InChI is InChI=1S/C21H15NO2S3/c1-25-21-16(11-18(27-21)20(23)24)19-22-17(12-26-19)15-9-7-14(8-10-15)13-5-3-2-4-6-13/h2-12H,1H3,(H,23,24). The highest BCUT2D eigenvalue weighted by Gasteiger charge is 2.17. The molecule has 3 nitrogen and oxygen atoms in total. The number of carboxylic acid groups (broad SMARTS) is 1. The van der Waals surface area contributed by atoms with Crippen LogP contribution in [-0.4, -0.2) is 22.3 Å². The van der Waals surface area contributed by atoms with Gasteiger partial charge in [-0.15, -0.1) is 34.4 Å². The number of aromatic carboxylic acids is 1. The Balaban J connectivity index is 1.64. The molecule has 134 valence electrons. The molecule has 2 aromatic carbocycles. The van der Waals surface area contributed by atoms with Crippen LogP contribution in [0.15, 0.2) is 70.3 Å². The predicted octanol–water partition coefficient (Wildman–Crippen LogP) is 6.63. The van der Waals surface area contributed by atoms with Crippen LogP contribution < -0.4 is 0 Å². The lowest BCUT2D eigenvalue weighted by Crippen LogP contribution is -1.89. The number of carboxylic acids is 1. The molecule has 27 heavy (non-hydrogen) atoms. The fourth-order valence-electron chi connectivity index (χ4n) is 2.77. The minimum Gasteiger partial charge on any atom is -0.477 e. The molecule has 0 fully saturated rings. The van der Waals surface area contributed by atoms with E-state index in [2.05, 4.69) is 36.4 Å². The van der Waals surface area contributed by atoms with Crippen LogP contribution in [0.1, 0.15) is 9.67 Å². The second-order valence-electron chi connectivity index (χ2n) is 5.80. The van der Waals surface area contributed by atoms with Crippen molar-refractivity contribution in [2.24, 2.45) is 0 Å². The zero-order valence-electron chi connectivity index (χ0n) is 14.4. The van der Waals surface area contributed by atoms with Crippen LogP contribution in [0.4, 0.5) is 0 Å². The van der Waals surface area contributed by atoms with Crippen molar-refractivity contribution in [3.05, 3.63) is 70.9 Å². The lowest BCUT2D eigenvalue weighted by molar-refractivity contribution is 0.0702. The number of hydrogen-bond donors (Lipinski definition) is 1. The zero-order valence-corrected chi connectivity index (χ0v) is 16.8. The summed E-state index contributed by atoms with van der Waals surface area (Å²) in [6.07, 6.45) is 1.96. The number of nitrogens with zero attached hydrogens (tertiary/aromatic N) is 1. The van der Waals surface area contributed by atoms with Gasteiger partial charge < -0.3 is 5.11 Å². The Morgan fingerprint density at radius 1 is 1.00 bits per heavy atom. The minimum absolute atomic E-state index is 0.346. The molecule has 0 saturated heterocycles. The van der Waals surface area contributed by atoms with Crippen LogP contribution >= 0.6 is 34.4 Å². The minimum atomic E-state index is -0.894. The lowest BCUT2D eigenvalue weighted by atomic mass is 10.0. The van der Waals surface area contributed by atoms with Crippen molar-refractivity contribution >= 4 is 40.4 Å². The third-order valence-corrected chi connectivity index (χ3v) is 7.25. The van der Waals surface area contributed by atoms with Crippen LogP contribution in [0.25, 0.3) is 33.0 Å².